The molecule has 152 valence electrons. The first kappa shape index (κ1) is 21.6. The van der Waals surface area contributed by atoms with Crippen molar-refractivity contribution in [2.45, 2.75) is 36.9 Å². The van der Waals surface area contributed by atoms with Gasteiger partial charge in [0.25, 0.3) is 0 Å². The Labute approximate surface area is 156 Å². The predicted molar refractivity (Wildman–Crippen MR) is 92.4 cm³/mol. The van der Waals surface area contributed by atoms with Crippen molar-refractivity contribution in [1.82, 2.24) is 9.62 Å². The Kier molecular flexibility index (Phi) is 7.24. The SMILES string of the molecule is CC(COCC(F)(F)F)NC(=O)C1CCN(S(=O)(=O)c2ccccc2)CC1. The third kappa shape index (κ3) is 6.47. The Bertz CT molecular complexity index is 717. The lowest BCUT2D eigenvalue weighted by atomic mass is 9.97. The molecule has 6 nitrogen and oxygen atoms in total. The molecule has 2 rings (SSSR count). The summed E-state index contributed by atoms with van der Waals surface area (Å²) in [7, 11) is -3.59. The van der Waals surface area contributed by atoms with E-state index in [1.165, 1.54) is 16.4 Å². The Morgan fingerprint density at radius 1 is 1.26 bits per heavy atom. The summed E-state index contributed by atoms with van der Waals surface area (Å²) in [5.41, 5.74) is 0. The number of rotatable bonds is 7. The maximum Gasteiger partial charge on any atom is 0.411 e. The van der Waals surface area contributed by atoms with Gasteiger partial charge in [0.2, 0.25) is 15.9 Å². The van der Waals surface area contributed by atoms with Crippen LogP contribution in [0.15, 0.2) is 35.2 Å². The molecule has 0 bridgehead atoms. The lowest BCUT2D eigenvalue weighted by Crippen LogP contribution is -2.45. The summed E-state index contributed by atoms with van der Waals surface area (Å²) >= 11 is 0. The minimum absolute atomic E-state index is 0.211. The van der Waals surface area contributed by atoms with Crippen LogP contribution in [0.25, 0.3) is 0 Å². The number of carbonyl (C=O) groups is 1. The molecule has 1 saturated heterocycles. The highest BCUT2D eigenvalue weighted by molar-refractivity contribution is 7.89. The molecule has 10 heteroatoms. The summed E-state index contributed by atoms with van der Waals surface area (Å²) in [6, 6.07) is 7.51. The van der Waals surface area contributed by atoms with Gasteiger partial charge < -0.3 is 10.1 Å². The van der Waals surface area contributed by atoms with Crippen LogP contribution in [0.2, 0.25) is 0 Å². The van der Waals surface area contributed by atoms with E-state index in [0.29, 0.717) is 12.8 Å². The van der Waals surface area contributed by atoms with Gasteiger partial charge in [-0.05, 0) is 31.9 Å². The second kappa shape index (κ2) is 9.03. The maximum absolute atomic E-state index is 12.6. The fourth-order valence-corrected chi connectivity index (χ4v) is 4.34. The molecular formula is C17H23F3N2O4S. The molecule has 0 spiro atoms. The van der Waals surface area contributed by atoms with Gasteiger partial charge in [0.05, 0.1) is 11.5 Å². The van der Waals surface area contributed by atoms with Gasteiger partial charge in [-0.25, -0.2) is 8.42 Å². The van der Waals surface area contributed by atoms with Crippen LogP contribution in [-0.2, 0) is 19.6 Å². The van der Waals surface area contributed by atoms with Crippen molar-refractivity contribution >= 4 is 15.9 Å². The minimum Gasteiger partial charge on any atom is -0.370 e. The summed E-state index contributed by atoms with van der Waals surface area (Å²) in [4.78, 5) is 12.4. The number of alkyl halides is 3. The summed E-state index contributed by atoms with van der Waals surface area (Å²) < 4.78 is 67.1. The number of hydrogen-bond donors (Lipinski definition) is 1. The number of ether oxygens (including phenoxy) is 1. The Morgan fingerprint density at radius 3 is 2.41 bits per heavy atom. The molecule has 1 unspecified atom stereocenters. The fraction of sp³-hybridized carbons (Fsp3) is 0.588. The van der Waals surface area contributed by atoms with Crippen molar-refractivity contribution in [2.24, 2.45) is 5.92 Å². The van der Waals surface area contributed by atoms with Crippen molar-refractivity contribution in [3.8, 4) is 0 Å². The largest absolute Gasteiger partial charge is 0.411 e. The van der Waals surface area contributed by atoms with Gasteiger partial charge in [0.1, 0.15) is 6.61 Å². The van der Waals surface area contributed by atoms with Crippen LogP contribution in [0, 0.1) is 5.92 Å². The van der Waals surface area contributed by atoms with Gasteiger partial charge in [-0.1, -0.05) is 18.2 Å². The van der Waals surface area contributed by atoms with Crippen LogP contribution in [0.5, 0.6) is 0 Å². The van der Waals surface area contributed by atoms with Crippen molar-refractivity contribution < 1.29 is 31.1 Å². The number of halogens is 3. The summed E-state index contributed by atoms with van der Waals surface area (Å²) in [5, 5.41) is 2.62. The van der Waals surface area contributed by atoms with E-state index >= 15 is 0 Å². The van der Waals surface area contributed by atoms with Gasteiger partial charge >= 0.3 is 6.18 Å². The monoisotopic (exact) mass is 408 g/mol. The van der Waals surface area contributed by atoms with Crippen LogP contribution in [-0.4, -0.2) is 57.2 Å². The maximum atomic E-state index is 12.6. The Hall–Kier alpha value is -1.65. The predicted octanol–water partition coefficient (Wildman–Crippen LogP) is 2.17. The van der Waals surface area contributed by atoms with Crippen LogP contribution < -0.4 is 5.32 Å². The van der Waals surface area contributed by atoms with E-state index in [9.17, 15) is 26.4 Å². The zero-order chi connectivity index (χ0) is 20.1. The van der Waals surface area contributed by atoms with Crippen LogP contribution in [0.1, 0.15) is 19.8 Å². The van der Waals surface area contributed by atoms with E-state index in [1.807, 2.05) is 0 Å². The second-order valence-corrected chi connectivity index (χ2v) is 8.47. The molecule has 0 aliphatic carbocycles. The molecule has 1 aromatic carbocycles. The number of nitrogens with one attached hydrogen (secondary N) is 1. The quantitative estimate of drug-likeness (QED) is 0.750. The van der Waals surface area contributed by atoms with Crippen molar-refractivity contribution in [1.29, 1.82) is 0 Å². The van der Waals surface area contributed by atoms with Gasteiger partial charge in [-0.15, -0.1) is 0 Å². The lowest BCUT2D eigenvalue weighted by Gasteiger charge is -2.31. The van der Waals surface area contributed by atoms with E-state index in [-0.39, 0.29) is 36.4 Å². The van der Waals surface area contributed by atoms with Gasteiger partial charge in [0.15, 0.2) is 0 Å². The smallest absolute Gasteiger partial charge is 0.370 e. The summed E-state index contributed by atoms with van der Waals surface area (Å²) in [5.74, 6) is -0.674. The molecule has 1 amide bonds. The number of carbonyl (C=O) groups excluding carboxylic acids is 1. The molecule has 0 saturated carbocycles. The normalized spacial score (nSPS) is 18.2. The first-order chi connectivity index (χ1) is 12.6. The number of benzene rings is 1. The van der Waals surface area contributed by atoms with Crippen molar-refractivity contribution in [3.63, 3.8) is 0 Å². The zero-order valence-corrected chi connectivity index (χ0v) is 15.7. The van der Waals surface area contributed by atoms with E-state index in [4.69, 9.17) is 0 Å². The minimum atomic E-state index is -4.40. The molecule has 1 fully saturated rings. The molecule has 27 heavy (non-hydrogen) atoms. The first-order valence-electron chi connectivity index (χ1n) is 8.59. The number of amides is 1. The third-order valence-electron chi connectivity index (χ3n) is 4.23. The van der Waals surface area contributed by atoms with Gasteiger partial charge in [0, 0.05) is 25.0 Å². The molecule has 1 heterocycles. The van der Waals surface area contributed by atoms with Crippen molar-refractivity contribution in [2.75, 3.05) is 26.3 Å². The number of sulfonamides is 1. The summed E-state index contributed by atoms with van der Waals surface area (Å²) in [6.45, 7) is 0.390. The van der Waals surface area contributed by atoms with Crippen molar-refractivity contribution in [3.05, 3.63) is 30.3 Å². The van der Waals surface area contributed by atoms with Gasteiger partial charge in [-0.2, -0.15) is 17.5 Å². The first-order valence-corrected chi connectivity index (χ1v) is 10.0. The topological polar surface area (TPSA) is 75.7 Å². The van der Waals surface area contributed by atoms with Crippen LogP contribution in [0.4, 0.5) is 13.2 Å². The molecule has 1 aliphatic heterocycles. The number of nitrogens with zero attached hydrogens (tertiary/aromatic N) is 1. The van der Waals surface area contributed by atoms with E-state index < -0.39 is 28.8 Å². The van der Waals surface area contributed by atoms with E-state index in [0.717, 1.165) is 0 Å². The van der Waals surface area contributed by atoms with Crippen LogP contribution in [0.3, 0.4) is 0 Å². The van der Waals surface area contributed by atoms with E-state index in [2.05, 4.69) is 10.1 Å². The highest BCUT2D eigenvalue weighted by atomic mass is 32.2. The Balaban J connectivity index is 1.80. The van der Waals surface area contributed by atoms with Crippen LogP contribution >= 0.6 is 0 Å². The second-order valence-electron chi connectivity index (χ2n) is 6.53. The fourth-order valence-electron chi connectivity index (χ4n) is 2.85. The molecule has 1 atom stereocenters. The number of piperidine rings is 1. The third-order valence-corrected chi connectivity index (χ3v) is 6.14. The highest BCUT2D eigenvalue weighted by Gasteiger charge is 2.32. The average molecular weight is 408 g/mol. The van der Waals surface area contributed by atoms with Gasteiger partial charge in [-0.3, -0.25) is 4.79 Å². The average Bonchev–Trinajstić information content (AvgIpc) is 2.61. The molecule has 1 N–H and O–H groups in total. The highest BCUT2D eigenvalue weighted by Crippen LogP contribution is 2.24. The molecule has 1 aliphatic rings. The summed E-state index contributed by atoms with van der Waals surface area (Å²) in [6.07, 6.45) is -3.69. The molecule has 0 radical (unpaired) electrons. The van der Waals surface area contributed by atoms with E-state index in [1.54, 1.807) is 25.1 Å². The standard InChI is InChI=1S/C17H23F3N2O4S/c1-13(11-26-12-17(18,19)20)21-16(23)14-7-9-22(10-8-14)27(24,25)15-5-3-2-4-6-15/h2-6,13-14H,7-12H2,1H3,(H,21,23). The zero-order valence-electron chi connectivity index (χ0n) is 14.9. The molecule has 1 aromatic rings. The molecule has 0 aromatic heterocycles. The Morgan fingerprint density at radius 2 is 1.85 bits per heavy atom. The number of hydrogen-bond acceptors (Lipinski definition) is 4. The molecular weight excluding hydrogens is 385 g/mol. The lowest BCUT2D eigenvalue weighted by molar-refractivity contribution is -0.175.